The Labute approximate surface area is 127 Å². The third kappa shape index (κ3) is 2.78. The van der Waals surface area contributed by atoms with Crippen LogP contribution in [0.5, 0.6) is 0 Å². The van der Waals surface area contributed by atoms with Crippen molar-refractivity contribution in [2.24, 2.45) is 11.3 Å². The van der Waals surface area contributed by atoms with Gasteiger partial charge < -0.3 is 20.1 Å². The average molecular weight is 296 g/mol. The van der Waals surface area contributed by atoms with Crippen LogP contribution in [0.1, 0.15) is 44.9 Å². The van der Waals surface area contributed by atoms with E-state index in [0.717, 1.165) is 18.9 Å². The number of amides is 2. The summed E-state index contributed by atoms with van der Waals surface area (Å²) in [6.07, 6.45) is 8.65. The first-order valence-corrected chi connectivity index (χ1v) is 8.36. The molecule has 2 amide bonds. The largest absolute Gasteiger partial charge is 0.394 e. The van der Waals surface area contributed by atoms with Crippen LogP contribution in [0, 0.1) is 11.3 Å². The normalized spacial score (nSPS) is 31.6. The minimum absolute atomic E-state index is 0.0149. The van der Waals surface area contributed by atoms with E-state index in [9.17, 15) is 9.90 Å². The summed E-state index contributed by atoms with van der Waals surface area (Å²) in [6, 6.07) is -0.129. The summed E-state index contributed by atoms with van der Waals surface area (Å²) < 4.78 is 5.33. The van der Waals surface area contributed by atoms with Crippen molar-refractivity contribution in [2.75, 3.05) is 26.8 Å². The van der Waals surface area contributed by atoms with Crippen molar-refractivity contribution in [3.8, 4) is 0 Å². The van der Waals surface area contributed by atoms with Crippen LogP contribution in [0.3, 0.4) is 0 Å². The van der Waals surface area contributed by atoms with Crippen LogP contribution >= 0.6 is 0 Å². The van der Waals surface area contributed by atoms with Crippen LogP contribution in [-0.4, -0.2) is 55.0 Å². The zero-order valence-corrected chi connectivity index (χ0v) is 13.0. The molecular weight excluding hydrogens is 268 g/mol. The average Bonchev–Trinajstić information content (AvgIpc) is 2.82. The topological polar surface area (TPSA) is 61.8 Å². The molecule has 2 N–H and O–H groups in total. The van der Waals surface area contributed by atoms with Crippen LogP contribution < -0.4 is 5.32 Å². The van der Waals surface area contributed by atoms with Crippen molar-refractivity contribution in [1.82, 2.24) is 10.2 Å². The maximum absolute atomic E-state index is 12.4. The van der Waals surface area contributed by atoms with Crippen molar-refractivity contribution in [3.05, 3.63) is 0 Å². The Bertz CT molecular complexity index is 380. The molecule has 21 heavy (non-hydrogen) atoms. The molecule has 3 fully saturated rings. The summed E-state index contributed by atoms with van der Waals surface area (Å²) >= 11 is 0. The Morgan fingerprint density at radius 3 is 2.62 bits per heavy atom. The van der Waals surface area contributed by atoms with Crippen molar-refractivity contribution >= 4 is 6.03 Å². The lowest BCUT2D eigenvalue weighted by Crippen LogP contribution is -2.52. The molecule has 1 saturated heterocycles. The Hall–Kier alpha value is -0.810. The number of nitrogens with zero attached hydrogens (tertiary/aromatic N) is 1. The van der Waals surface area contributed by atoms with E-state index in [2.05, 4.69) is 5.32 Å². The number of urea groups is 1. The summed E-state index contributed by atoms with van der Waals surface area (Å²) in [6.45, 7) is 1.41. The highest BCUT2D eigenvalue weighted by atomic mass is 16.5. The molecule has 5 nitrogen and oxygen atoms in total. The number of nitrogens with one attached hydrogen (secondary N) is 1. The van der Waals surface area contributed by atoms with Crippen LogP contribution in [0.4, 0.5) is 4.79 Å². The fourth-order valence-electron chi connectivity index (χ4n) is 4.20. The van der Waals surface area contributed by atoms with Gasteiger partial charge in [-0.3, -0.25) is 0 Å². The Balaban J connectivity index is 1.53. The molecular formula is C16H28N2O3. The van der Waals surface area contributed by atoms with Gasteiger partial charge in [0.1, 0.15) is 0 Å². The van der Waals surface area contributed by atoms with Gasteiger partial charge >= 0.3 is 6.03 Å². The van der Waals surface area contributed by atoms with Gasteiger partial charge in [-0.2, -0.15) is 0 Å². The molecule has 1 aliphatic heterocycles. The highest BCUT2D eigenvalue weighted by Crippen LogP contribution is 2.53. The van der Waals surface area contributed by atoms with E-state index >= 15 is 0 Å². The number of ether oxygens (including phenoxy) is 1. The standard InChI is InChI=1S/C16H28N2O3/c1-21-14-8-13(10-19)18(9-14)15(20)17-11-16(6-3-7-16)12-4-2-5-12/h12-14,19H,2-11H2,1H3,(H,17,20)/t13-,14-/m0/s1. The summed E-state index contributed by atoms with van der Waals surface area (Å²) in [5, 5.41) is 12.6. The van der Waals surface area contributed by atoms with E-state index < -0.39 is 0 Å². The SMILES string of the molecule is CO[C@H]1C[C@@H](CO)N(C(=O)NCC2(C3CCC3)CCC2)C1. The van der Waals surface area contributed by atoms with Crippen molar-refractivity contribution < 1.29 is 14.6 Å². The lowest BCUT2D eigenvalue weighted by atomic mass is 9.55. The van der Waals surface area contributed by atoms with Crippen molar-refractivity contribution in [1.29, 1.82) is 0 Å². The molecule has 2 aliphatic carbocycles. The number of carbonyl (C=O) groups is 1. The first-order valence-electron chi connectivity index (χ1n) is 8.36. The number of aliphatic hydroxyl groups is 1. The quantitative estimate of drug-likeness (QED) is 0.812. The van der Waals surface area contributed by atoms with Gasteiger partial charge in [0.2, 0.25) is 0 Å². The minimum atomic E-state index is -0.101. The molecule has 0 aromatic rings. The maximum Gasteiger partial charge on any atom is 0.317 e. The molecule has 0 unspecified atom stereocenters. The highest BCUT2D eigenvalue weighted by Gasteiger charge is 2.46. The second-order valence-corrected chi connectivity index (χ2v) is 7.08. The number of hydrogen-bond acceptors (Lipinski definition) is 3. The molecule has 120 valence electrons. The molecule has 0 bridgehead atoms. The molecule has 2 saturated carbocycles. The number of likely N-dealkylation sites (tertiary alicyclic amines) is 1. The predicted molar refractivity (Wildman–Crippen MR) is 80.0 cm³/mol. The van der Waals surface area contributed by atoms with Gasteiger partial charge in [-0.25, -0.2) is 4.79 Å². The minimum Gasteiger partial charge on any atom is -0.394 e. The molecule has 3 rings (SSSR count). The zero-order chi connectivity index (χ0) is 14.9. The van der Waals surface area contributed by atoms with Crippen LogP contribution in [0.15, 0.2) is 0 Å². The number of rotatable bonds is 5. The monoisotopic (exact) mass is 296 g/mol. The summed E-state index contributed by atoms with van der Waals surface area (Å²) in [7, 11) is 1.67. The Kier molecular flexibility index (Phi) is 4.41. The lowest BCUT2D eigenvalue weighted by Gasteiger charge is -2.52. The van der Waals surface area contributed by atoms with Crippen LogP contribution in [0.2, 0.25) is 0 Å². The second kappa shape index (κ2) is 6.13. The number of hydrogen-bond donors (Lipinski definition) is 2. The van der Waals surface area contributed by atoms with Gasteiger partial charge in [0, 0.05) is 20.2 Å². The fourth-order valence-corrected chi connectivity index (χ4v) is 4.20. The van der Waals surface area contributed by atoms with Gasteiger partial charge in [0.25, 0.3) is 0 Å². The Morgan fingerprint density at radius 1 is 1.38 bits per heavy atom. The number of aliphatic hydroxyl groups excluding tert-OH is 1. The summed E-state index contributed by atoms with van der Waals surface area (Å²) in [5.74, 6) is 0.825. The van der Waals surface area contributed by atoms with Gasteiger partial charge in [-0.1, -0.05) is 12.8 Å². The van der Waals surface area contributed by atoms with E-state index in [1.807, 2.05) is 0 Å². The third-order valence-electron chi connectivity index (χ3n) is 6.09. The summed E-state index contributed by atoms with van der Waals surface area (Å²) in [4.78, 5) is 14.2. The molecule has 0 aromatic heterocycles. The van der Waals surface area contributed by atoms with Gasteiger partial charge in [0.15, 0.2) is 0 Å². The zero-order valence-electron chi connectivity index (χ0n) is 13.0. The molecule has 2 atom stereocenters. The number of carbonyl (C=O) groups excluding carboxylic acids is 1. The Morgan fingerprint density at radius 2 is 2.14 bits per heavy atom. The van der Waals surface area contributed by atoms with Gasteiger partial charge in [-0.05, 0) is 43.4 Å². The highest BCUT2D eigenvalue weighted by molar-refractivity contribution is 5.75. The molecule has 5 heteroatoms. The van der Waals surface area contributed by atoms with Crippen molar-refractivity contribution in [3.63, 3.8) is 0 Å². The first kappa shape index (κ1) is 15.1. The van der Waals surface area contributed by atoms with E-state index in [1.165, 1.54) is 38.5 Å². The van der Waals surface area contributed by atoms with Gasteiger partial charge in [-0.15, -0.1) is 0 Å². The predicted octanol–water partition coefficient (Wildman–Crippen LogP) is 1.75. The second-order valence-electron chi connectivity index (χ2n) is 7.08. The van der Waals surface area contributed by atoms with Crippen LogP contribution in [0.25, 0.3) is 0 Å². The maximum atomic E-state index is 12.4. The van der Waals surface area contributed by atoms with E-state index in [4.69, 9.17) is 4.74 Å². The number of methoxy groups -OCH3 is 1. The summed E-state index contributed by atoms with van der Waals surface area (Å²) in [5.41, 5.74) is 0.378. The van der Waals surface area contributed by atoms with E-state index in [1.54, 1.807) is 12.0 Å². The van der Waals surface area contributed by atoms with Crippen molar-refractivity contribution in [2.45, 2.75) is 57.1 Å². The molecule has 1 heterocycles. The molecule has 0 spiro atoms. The molecule has 0 radical (unpaired) electrons. The van der Waals surface area contributed by atoms with E-state index in [-0.39, 0.29) is 24.8 Å². The first-order chi connectivity index (χ1) is 10.2. The van der Waals surface area contributed by atoms with Crippen LogP contribution in [-0.2, 0) is 4.74 Å². The fraction of sp³-hybridized carbons (Fsp3) is 0.938. The van der Waals surface area contributed by atoms with Gasteiger partial charge in [0.05, 0.1) is 18.8 Å². The third-order valence-corrected chi connectivity index (χ3v) is 6.09. The van der Waals surface area contributed by atoms with E-state index in [0.29, 0.717) is 12.0 Å². The lowest BCUT2D eigenvalue weighted by molar-refractivity contribution is 0.00399. The molecule has 3 aliphatic rings. The molecule has 0 aromatic carbocycles. The smallest absolute Gasteiger partial charge is 0.317 e.